The highest BCUT2D eigenvalue weighted by Crippen LogP contribution is 2.34. The van der Waals surface area contributed by atoms with Crippen LogP contribution in [-0.4, -0.2) is 45.8 Å². The number of carbonyl (C=O) groups excluding carboxylic acids is 1. The van der Waals surface area contributed by atoms with Crippen LogP contribution >= 0.6 is 0 Å². The van der Waals surface area contributed by atoms with Crippen LogP contribution in [0.3, 0.4) is 0 Å². The van der Waals surface area contributed by atoms with E-state index in [0.29, 0.717) is 23.5 Å². The molecule has 3 heterocycles. The van der Waals surface area contributed by atoms with Crippen LogP contribution in [0.2, 0.25) is 0 Å². The molecule has 0 spiro atoms. The summed E-state index contributed by atoms with van der Waals surface area (Å²) in [6, 6.07) is 8.87. The standard InChI is InChI=1S/C19H23FN4O2/c1-23-15-4-5-16(23)11-14(10-15)21-19(25)18-8-9-24(22-18)12-26-17-6-2-13(20)3-7-17/h2-3,6-9,14-16H,4-5,10-12H2,1H3,(H,21,25). The van der Waals surface area contributed by atoms with Gasteiger partial charge in [0.1, 0.15) is 17.3 Å². The van der Waals surface area contributed by atoms with E-state index in [4.69, 9.17) is 4.74 Å². The molecule has 0 saturated carbocycles. The highest BCUT2D eigenvalue weighted by atomic mass is 19.1. The number of aromatic nitrogens is 2. The Morgan fingerprint density at radius 2 is 1.92 bits per heavy atom. The fourth-order valence-electron chi connectivity index (χ4n) is 4.01. The first-order valence-corrected chi connectivity index (χ1v) is 9.03. The predicted molar refractivity (Wildman–Crippen MR) is 94.3 cm³/mol. The maximum Gasteiger partial charge on any atom is 0.271 e. The minimum atomic E-state index is -0.308. The number of rotatable bonds is 5. The van der Waals surface area contributed by atoms with Crippen molar-refractivity contribution < 1.29 is 13.9 Å². The molecule has 7 heteroatoms. The summed E-state index contributed by atoms with van der Waals surface area (Å²) in [5, 5.41) is 7.40. The highest BCUT2D eigenvalue weighted by molar-refractivity contribution is 5.92. The third kappa shape index (κ3) is 3.58. The molecule has 1 N–H and O–H groups in total. The lowest BCUT2D eigenvalue weighted by molar-refractivity contribution is 0.0875. The molecule has 1 amide bonds. The highest BCUT2D eigenvalue weighted by Gasteiger charge is 2.38. The normalized spacial score (nSPS) is 25.2. The lowest BCUT2D eigenvalue weighted by Gasteiger charge is -2.36. The topological polar surface area (TPSA) is 59.4 Å². The van der Waals surface area contributed by atoms with Crippen LogP contribution in [0.1, 0.15) is 36.2 Å². The van der Waals surface area contributed by atoms with E-state index in [1.807, 2.05) is 0 Å². The van der Waals surface area contributed by atoms with Gasteiger partial charge in [-0.15, -0.1) is 0 Å². The van der Waals surface area contributed by atoms with Gasteiger partial charge < -0.3 is 15.0 Å². The number of benzene rings is 1. The zero-order valence-corrected chi connectivity index (χ0v) is 14.8. The Hall–Kier alpha value is -2.41. The molecule has 138 valence electrons. The van der Waals surface area contributed by atoms with E-state index in [0.717, 1.165) is 12.8 Å². The maximum absolute atomic E-state index is 12.9. The van der Waals surface area contributed by atoms with Crippen molar-refractivity contribution in [3.63, 3.8) is 0 Å². The Kier molecular flexibility index (Phi) is 4.63. The van der Waals surface area contributed by atoms with E-state index < -0.39 is 0 Å². The molecule has 2 fully saturated rings. The molecule has 1 aromatic heterocycles. The van der Waals surface area contributed by atoms with Crippen molar-refractivity contribution in [1.29, 1.82) is 0 Å². The minimum Gasteiger partial charge on any atom is -0.471 e. The second-order valence-electron chi connectivity index (χ2n) is 7.16. The van der Waals surface area contributed by atoms with Crippen LogP contribution in [-0.2, 0) is 6.73 Å². The zero-order chi connectivity index (χ0) is 18.1. The van der Waals surface area contributed by atoms with Gasteiger partial charge in [-0.25, -0.2) is 9.07 Å². The summed E-state index contributed by atoms with van der Waals surface area (Å²) in [7, 11) is 2.18. The number of hydrogen-bond acceptors (Lipinski definition) is 4. The molecule has 26 heavy (non-hydrogen) atoms. The molecule has 0 radical (unpaired) electrons. The summed E-state index contributed by atoms with van der Waals surface area (Å²) in [6.45, 7) is 0.164. The van der Waals surface area contributed by atoms with Gasteiger partial charge in [0, 0.05) is 24.3 Å². The average Bonchev–Trinajstić information content (AvgIpc) is 3.17. The number of nitrogens with zero attached hydrogens (tertiary/aromatic N) is 3. The lowest BCUT2D eigenvalue weighted by atomic mass is 9.98. The Morgan fingerprint density at radius 3 is 2.62 bits per heavy atom. The molecule has 2 aliphatic heterocycles. The van der Waals surface area contributed by atoms with Gasteiger partial charge >= 0.3 is 0 Å². The predicted octanol–water partition coefficient (Wildman–Crippen LogP) is 2.41. The Labute approximate surface area is 151 Å². The van der Waals surface area contributed by atoms with E-state index in [1.165, 1.54) is 25.0 Å². The molecular formula is C19H23FN4O2. The van der Waals surface area contributed by atoms with Gasteiger partial charge in [0.25, 0.3) is 5.91 Å². The second kappa shape index (κ2) is 7.07. The number of hydrogen-bond donors (Lipinski definition) is 1. The van der Waals surface area contributed by atoms with E-state index in [1.54, 1.807) is 29.1 Å². The SMILES string of the molecule is CN1C2CCC1CC(NC(=O)c1ccn(COc3ccc(F)cc3)n1)C2. The van der Waals surface area contributed by atoms with Crippen LogP contribution in [0.25, 0.3) is 0 Å². The average molecular weight is 358 g/mol. The fourth-order valence-corrected chi connectivity index (χ4v) is 4.01. The van der Waals surface area contributed by atoms with E-state index in [9.17, 15) is 9.18 Å². The molecule has 2 unspecified atom stereocenters. The van der Waals surface area contributed by atoms with Gasteiger partial charge in [-0.2, -0.15) is 5.10 Å². The van der Waals surface area contributed by atoms with Gasteiger partial charge in [0.05, 0.1) is 0 Å². The van der Waals surface area contributed by atoms with Gasteiger partial charge in [-0.1, -0.05) is 0 Å². The van der Waals surface area contributed by atoms with Crippen molar-refractivity contribution in [2.45, 2.75) is 50.5 Å². The van der Waals surface area contributed by atoms with Crippen LogP contribution in [0.15, 0.2) is 36.5 Å². The first-order chi connectivity index (χ1) is 12.6. The number of fused-ring (bicyclic) bond motifs is 2. The summed E-state index contributed by atoms with van der Waals surface area (Å²) >= 11 is 0. The van der Waals surface area contributed by atoms with E-state index in [-0.39, 0.29) is 24.5 Å². The first-order valence-electron chi connectivity index (χ1n) is 9.03. The molecule has 2 aromatic rings. The van der Waals surface area contributed by atoms with Crippen molar-refractivity contribution in [1.82, 2.24) is 20.0 Å². The number of nitrogens with one attached hydrogen (secondary N) is 1. The van der Waals surface area contributed by atoms with Crippen molar-refractivity contribution in [2.24, 2.45) is 0 Å². The number of carbonyl (C=O) groups is 1. The van der Waals surface area contributed by atoms with E-state index in [2.05, 4.69) is 22.4 Å². The van der Waals surface area contributed by atoms with Crippen molar-refractivity contribution in [3.8, 4) is 5.75 Å². The third-order valence-corrected chi connectivity index (χ3v) is 5.48. The van der Waals surface area contributed by atoms with Crippen molar-refractivity contribution >= 4 is 5.91 Å². The maximum atomic E-state index is 12.9. The van der Waals surface area contributed by atoms with Crippen LogP contribution in [0, 0.1) is 5.82 Å². The minimum absolute atomic E-state index is 0.139. The molecule has 4 rings (SSSR count). The molecule has 2 saturated heterocycles. The molecule has 6 nitrogen and oxygen atoms in total. The number of piperidine rings is 1. The fraction of sp³-hybridized carbons (Fsp3) is 0.474. The number of amides is 1. The van der Waals surface area contributed by atoms with Gasteiger partial charge in [-0.05, 0) is 63.1 Å². The molecule has 2 aliphatic rings. The Balaban J connectivity index is 1.31. The molecule has 0 aliphatic carbocycles. The lowest BCUT2D eigenvalue weighted by Crippen LogP contribution is -2.48. The summed E-state index contributed by atoms with van der Waals surface area (Å²) in [5.41, 5.74) is 0.388. The largest absolute Gasteiger partial charge is 0.471 e. The smallest absolute Gasteiger partial charge is 0.271 e. The first kappa shape index (κ1) is 17.0. The van der Waals surface area contributed by atoms with Crippen LogP contribution < -0.4 is 10.1 Å². The van der Waals surface area contributed by atoms with Crippen molar-refractivity contribution in [2.75, 3.05) is 7.05 Å². The van der Waals surface area contributed by atoms with Crippen LogP contribution in [0.5, 0.6) is 5.75 Å². The second-order valence-corrected chi connectivity index (χ2v) is 7.16. The molecule has 2 bridgehead atoms. The molecular weight excluding hydrogens is 335 g/mol. The number of halogens is 1. The Bertz CT molecular complexity index is 762. The summed E-state index contributed by atoms with van der Waals surface area (Å²) in [6.07, 6.45) is 6.17. The van der Waals surface area contributed by atoms with Crippen LogP contribution in [0.4, 0.5) is 4.39 Å². The third-order valence-electron chi connectivity index (χ3n) is 5.48. The van der Waals surface area contributed by atoms with Gasteiger partial charge in [-0.3, -0.25) is 4.79 Å². The monoisotopic (exact) mass is 358 g/mol. The Morgan fingerprint density at radius 1 is 1.23 bits per heavy atom. The zero-order valence-electron chi connectivity index (χ0n) is 14.8. The molecule has 2 atom stereocenters. The van der Waals surface area contributed by atoms with Crippen molar-refractivity contribution in [3.05, 3.63) is 48.0 Å². The number of ether oxygens (including phenoxy) is 1. The van der Waals surface area contributed by atoms with E-state index >= 15 is 0 Å². The quantitative estimate of drug-likeness (QED) is 0.892. The summed E-state index contributed by atoms with van der Waals surface area (Å²) in [5.74, 6) is 0.104. The summed E-state index contributed by atoms with van der Waals surface area (Å²) < 4.78 is 20.0. The summed E-state index contributed by atoms with van der Waals surface area (Å²) in [4.78, 5) is 14.9. The van der Waals surface area contributed by atoms with Gasteiger partial charge in [0.15, 0.2) is 6.73 Å². The van der Waals surface area contributed by atoms with Gasteiger partial charge in [0.2, 0.25) is 0 Å². The molecule has 1 aromatic carbocycles.